The minimum absolute atomic E-state index is 0.0476. The van der Waals surface area contributed by atoms with Gasteiger partial charge >= 0.3 is 0 Å². The van der Waals surface area contributed by atoms with Gasteiger partial charge in [0.25, 0.3) is 5.91 Å². The van der Waals surface area contributed by atoms with Crippen LogP contribution in [0.15, 0.2) is 47.7 Å². The minimum Gasteiger partial charge on any atom is -0.392 e. The van der Waals surface area contributed by atoms with E-state index in [1.807, 2.05) is 35.2 Å². The fourth-order valence-electron chi connectivity index (χ4n) is 4.63. The number of nitrogens with zero attached hydrogens (tertiary/aromatic N) is 2. The van der Waals surface area contributed by atoms with Gasteiger partial charge in [-0.2, -0.15) is 5.11 Å². The highest BCUT2D eigenvalue weighted by Crippen LogP contribution is 2.33. The van der Waals surface area contributed by atoms with Gasteiger partial charge in [0.2, 0.25) is 0 Å². The van der Waals surface area contributed by atoms with Crippen LogP contribution in [0, 0.1) is 12.5 Å². The maximum absolute atomic E-state index is 13.0. The van der Waals surface area contributed by atoms with Gasteiger partial charge in [0.15, 0.2) is 0 Å². The lowest BCUT2D eigenvalue weighted by Crippen LogP contribution is -2.40. The Bertz CT molecular complexity index is 997. The van der Waals surface area contributed by atoms with Crippen molar-refractivity contribution in [3.63, 3.8) is 0 Å². The van der Waals surface area contributed by atoms with E-state index < -0.39 is 6.10 Å². The zero-order valence-corrected chi connectivity index (χ0v) is 17.5. The summed E-state index contributed by atoms with van der Waals surface area (Å²) in [5.74, 6) is 0.0476. The Morgan fingerprint density at radius 1 is 1.30 bits per heavy atom. The van der Waals surface area contributed by atoms with Crippen molar-refractivity contribution in [2.45, 2.75) is 51.3 Å². The van der Waals surface area contributed by atoms with Crippen molar-refractivity contribution < 1.29 is 9.90 Å². The molecule has 1 amide bonds. The van der Waals surface area contributed by atoms with Crippen LogP contribution < -0.4 is 5.32 Å². The molecule has 1 heterocycles. The predicted octanol–water partition coefficient (Wildman–Crippen LogP) is 4.00. The second-order valence-corrected chi connectivity index (χ2v) is 8.24. The van der Waals surface area contributed by atoms with Crippen LogP contribution in [0.2, 0.25) is 0 Å². The summed E-state index contributed by atoms with van der Waals surface area (Å²) in [7, 11) is 1.78. The molecule has 0 spiro atoms. The average molecular weight is 405 g/mol. The van der Waals surface area contributed by atoms with Gasteiger partial charge in [0, 0.05) is 30.9 Å². The molecule has 0 bridgehead atoms. The molecule has 2 aliphatic rings. The van der Waals surface area contributed by atoms with Gasteiger partial charge in [-0.15, -0.1) is 0 Å². The summed E-state index contributed by atoms with van der Waals surface area (Å²) in [6.45, 7) is 2.69. The number of hydrogen-bond donors (Lipinski definition) is 3. The topological polar surface area (TPSA) is 88.8 Å². The third-order valence-electron chi connectivity index (χ3n) is 6.28. The Labute approximate surface area is 177 Å². The molecule has 1 fully saturated rings. The number of carbonyl (C=O) groups is 1. The molecule has 6 heteroatoms. The van der Waals surface area contributed by atoms with Crippen molar-refractivity contribution in [1.29, 1.82) is 5.53 Å². The number of rotatable bonds is 6. The molecule has 2 aromatic rings. The lowest BCUT2D eigenvalue weighted by molar-refractivity contribution is 0.0479. The molecule has 0 saturated heterocycles. The quantitative estimate of drug-likeness (QED) is 0.636. The van der Waals surface area contributed by atoms with Gasteiger partial charge in [0.1, 0.15) is 5.70 Å². The highest BCUT2D eigenvalue weighted by molar-refractivity contribution is 5.99. The maximum atomic E-state index is 13.0. The summed E-state index contributed by atoms with van der Waals surface area (Å²) >= 11 is 0. The first-order chi connectivity index (χ1) is 14.5. The SMILES string of the molecule is CN/C=C(\N=N)c1ccc(Cc2cc3c(cc2C)CN([C@H]2CCC[C@@H]2O)C3=O)cc1. The lowest BCUT2D eigenvalue weighted by atomic mass is 9.95. The highest BCUT2D eigenvalue weighted by Gasteiger charge is 2.38. The van der Waals surface area contributed by atoms with E-state index in [0.29, 0.717) is 12.2 Å². The summed E-state index contributed by atoms with van der Waals surface area (Å²) in [6.07, 6.45) is 4.68. The first-order valence-corrected chi connectivity index (χ1v) is 10.5. The fraction of sp³-hybridized carbons (Fsp3) is 0.375. The molecule has 0 radical (unpaired) electrons. The summed E-state index contributed by atoms with van der Waals surface area (Å²) in [5, 5.41) is 16.7. The molecule has 156 valence electrons. The lowest BCUT2D eigenvalue weighted by Gasteiger charge is -2.26. The predicted molar refractivity (Wildman–Crippen MR) is 116 cm³/mol. The third-order valence-corrected chi connectivity index (χ3v) is 6.28. The van der Waals surface area contributed by atoms with Crippen molar-refractivity contribution in [2.24, 2.45) is 5.11 Å². The van der Waals surface area contributed by atoms with E-state index in [-0.39, 0.29) is 11.9 Å². The zero-order chi connectivity index (χ0) is 21.3. The van der Waals surface area contributed by atoms with Crippen LogP contribution in [-0.4, -0.2) is 35.1 Å². The van der Waals surface area contributed by atoms with Crippen LogP contribution in [0.1, 0.15) is 57.4 Å². The second-order valence-electron chi connectivity index (χ2n) is 8.24. The molecular weight excluding hydrogens is 376 g/mol. The molecule has 4 rings (SSSR count). The second kappa shape index (κ2) is 8.40. The molecule has 0 aromatic heterocycles. The van der Waals surface area contributed by atoms with Gasteiger partial charge in [-0.1, -0.05) is 30.3 Å². The number of benzene rings is 2. The van der Waals surface area contributed by atoms with Crippen molar-refractivity contribution in [3.8, 4) is 0 Å². The molecule has 2 atom stereocenters. The number of nitrogens with one attached hydrogen (secondary N) is 2. The Morgan fingerprint density at radius 2 is 2.07 bits per heavy atom. The van der Waals surface area contributed by atoms with E-state index in [2.05, 4.69) is 23.4 Å². The summed E-state index contributed by atoms with van der Waals surface area (Å²) < 4.78 is 0. The highest BCUT2D eigenvalue weighted by atomic mass is 16.3. The number of amides is 1. The van der Waals surface area contributed by atoms with E-state index in [1.165, 1.54) is 5.56 Å². The Balaban J connectivity index is 1.55. The van der Waals surface area contributed by atoms with Crippen LogP contribution in [0.3, 0.4) is 0 Å². The van der Waals surface area contributed by atoms with Crippen LogP contribution >= 0.6 is 0 Å². The number of aliphatic hydroxyl groups excluding tert-OH is 1. The summed E-state index contributed by atoms with van der Waals surface area (Å²) in [4.78, 5) is 14.9. The third kappa shape index (κ3) is 3.75. The standard InChI is InChI=1S/C24H28N4O2/c1-15-10-19-14-28(22-4-3-5-23(22)29)24(30)20(19)12-18(15)11-16-6-8-17(9-7-16)21(27-25)13-26-2/h6-10,12-13,22-23,25-26,29H,3-5,11,14H2,1-2H3/b21-13-,27-25?/t22-,23-/m0/s1. The molecule has 2 aromatic carbocycles. The van der Waals surface area contributed by atoms with E-state index in [1.54, 1.807) is 13.2 Å². The number of hydrogen-bond acceptors (Lipinski definition) is 5. The molecule has 1 saturated carbocycles. The first kappa shape index (κ1) is 20.3. The van der Waals surface area contributed by atoms with Crippen molar-refractivity contribution >= 4 is 11.6 Å². The van der Waals surface area contributed by atoms with Gasteiger partial charge < -0.3 is 15.3 Å². The molecular formula is C24H28N4O2. The van der Waals surface area contributed by atoms with Crippen molar-refractivity contribution in [1.82, 2.24) is 10.2 Å². The van der Waals surface area contributed by atoms with Gasteiger partial charge in [0.05, 0.1) is 12.1 Å². The van der Waals surface area contributed by atoms with E-state index in [9.17, 15) is 9.90 Å². The van der Waals surface area contributed by atoms with Crippen LogP contribution in [0.25, 0.3) is 5.70 Å². The largest absolute Gasteiger partial charge is 0.392 e. The molecule has 1 aliphatic carbocycles. The van der Waals surface area contributed by atoms with Crippen molar-refractivity contribution in [2.75, 3.05) is 7.05 Å². The number of aliphatic hydroxyl groups is 1. The number of aryl methyl sites for hydroxylation is 1. The smallest absolute Gasteiger partial charge is 0.254 e. The van der Waals surface area contributed by atoms with E-state index >= 15 is 0 Å². The number of fused-ring (bicyclic) bond motifs is 1. The average Bonchev–Trinajstić information content (AvgIpc) is 3.30. The first-order valence-electron chi connectivity index (χ1n) is 10.5. The van der Waals surface area contributed by atoms with Crippen molar-refractivity contribution in [3.05, 3.63) is 76.0 Å². The minimum atomic E-state index is -0.403. The van der Waals surface area contributed by atoms with Crippen LogP contribution in [0.5, 0.6) is 0 Å². The van der Waals surface area contributed by atoms with E-state index in [4.69, 9.17) is 5.53 Å². The molecule has 6 nitrogen and oxygen atoms in total. The fourth-order valence-corrected chi connectivity index (χ4v) is 4.63. The Morgan fingerprint density at radius 3 is 2.70 bits per heavy atom. The maximum Gasteiger partial charge on any atom is 0.254 e. The van der Waals surface area contributed by atoms with Gasteiger partial charge in [-0.25, -0.2) is 5.53 Å². The van der Waals surface area contributed by atoms with E-state index in [0.717, 1.165) is 53.5 Å². The molecule has 3 N–H and O–H groups in total. The zero-order valence-electron chi connectivity index (χ0n) is 17.5. The van der Waals surface area contributed by atoms with Gasteiger partial charge in [-0.3, -0.25) is 4.79 Å². The molecule has 30 heavy (non-hydrogen) atoms. The Kier molecular flexibility index (Phi) is 5.68. The summed E-state index contributed by atoms with van der Waals surface area (Å²) in [6, 6.07) is 12.1. The Hall–Kier alpha value is -2.99. The monoisotopic (exact) mass is 404 g/mol. The molecule has 1 aliphatic heterocycles. The molecule has 0 unspecified atom stereocenters. The summed E-state index contributed by atoms with van der Waals surface area (Å²) in [5.41, 5.74) is 14.1. The normalized spacial score (nSPS) is 21.1. The van der Waals surface area contributed by atoms with Crippen LogP contribution in [-0.2, 0) is 13.0 Å². The number of carbonyl (C=O) groups excluding carboxylic acids is 1. The van der Waals surface area contributed by atoms with Gasteiger partial charge in [-0.05, 0) is 60.9 Å². The van der Waals surface area contributed by atoms with Crippen LogP contribution in [0.4, 0.5) is 0 Å².